The summed E-state index contributed by atoms with van der Waals surface area (Å²) in [5.74, 6) is 0.0604. The molecule has 1 aromatic heterocycles. The van der Waals surface area contributed by atoms with E-state index in [-0.39, 0.29) is 30.2 Å². The minimum atomic E-state index is -0.629. The third-order valence-electron chi connectivity index (χ3n) is 5.53. The van der Waals surface area contributed by atoms with Crippen LogP contribution in [0.5, 0.6) is 5.75 Å². The summed E-state index contributed by atoms with van der Waals surface area (Å²) in [5, 5.41) is 2.89. The van der Waals surface area contributed by atoms with Crippen LogP contribution in [0.15, 0.2) is 48.8 Å². The van der Waals surface area contributed by atoms with Crippen molar-refractivity contribution in [1.82, 2.24) is 9.88 Å². The molecule has 1 unspecified atom stereocenters. The molecule has 0 saturated carbocycles. The number of para-hydroxylation sites is 2. The fourth-order valence-electron chi connectivity index (χ4n) is 3.83. The van der Waals surface area contributed by atoms with Crippen LogP contribution in [0.2, 0.25) is 0 Å². The number of carbonyl (C=O) groups is 3. The van der Waals surface area contributed by atoms with Crippen LogP contribution in [-0.4, -0.2) is 53.3 Å². The molecule has 8 heteroatoms. The topological polar surface area (TPSA) is 91.8 Å². The van der Waals surface area contributed by atoms with Gasteiger partial charge in [-0.1, -0.05) is 12.1 Å². The van der Waals surface area contributed by atoms with E-state index < -0.39 is 6.10 Å². The number of benzene rings is 1. The molecule has 30 heavy (non-hydrogen) atoms. The number of nitrogens with one attached hydrogen (secondary N) is 1. The standard InChI is InChI=1S/C22H24N4O4/c1-15-22(29)26(18-4-2-3-5-19(18)30-15)14-20(27)25-12-8-16(9-13-25)21(28)24-17-6-10-23-11-7-17/h2-7,10-11,15-16H,8-9,12-14H2,1H3,(H,23,24,28). The van der Waals surface area contributed by atoms with Gasteiger partial charge in [0.25, 0.3) is 5.91 Å². The second-order valence-corrected chi connectivity index (χ2v) is 7.53. The molecule has 2 aromatic rings. The quantitative estimate of drug-likeness (QED) is 0.836. The van der Waals surface area contributed by atoms with Gasteiger partial charge in [-0.05, 0) is 44.0 Å². The molecule has 0 spiro atoms. The Morgan fingerprint density at radius 2 is 1.83 bits per heavy atom. The van der Waals surface area contributed by atoms with Gasteiger partial charge in [0.05, 0.1) is 5.69 Å². The molecule has 0 bridgehead atoms. The third kappa shape index (κ3) is 4.12. The largest absolute Gasteiger partial charge is 0.479 e. The molecular formula is C22H24N4O4. The molecular weight excluding hydrogens is 384 g/mol. The van der Waals surface area contributed by atoms with E-state index in [1.807, 2.05) is 12.1 Å². The minimum Gasteiger partial charge on any atom is -0.479 e. The first-order valence-corrected chi connectivity index (χ1v) is 10.1. The number of fused-ring (bicyclic) bond motifs is 1. The number of anilines is 2. The molecule has 1 N–H and O–H groups in total. The Kier molecular flexibility index (Phi) is 5.65. The van der Waals surface area contributed by atoms with Gasteiger partial charge in [-0.25, -0.2) is 0 Å². The van der Waals surface area contributed by atoms with E-state index in [0.717, 1.165) is 0 Å². The highest BCUT2D eigenvalue weighted by Gasteiger charge is 2.34. The molecule has 2 aliphatic rings. The Morgan fingerprint density at radius 3 is 2.57 bits per heavy atom. The van der Waals surface area contributed by atoms with Crippen LogP contribution >= 0.6 is 0 Å². The van der Waals surface area contributed by atoms with E-state index in [1.54, 1.807) is 48.5 Å². The Bertz CT molecular complexity index is 941. The summed E-state index contributed by atoms with van der Waals surface area (Å²) in [7, 11) is 0. The molecule has 4 rings (SSSR count). The number of carbonyl (C=O) groups excluding carboxylic acids is 3. The molecule has 3 amide bonds. The van der Waals surface area contributed by atoms with E-state index in [0.29, 0.717) is 43.1 Å². The Labute approximate surface area is 174 Å². The SMILES string of the molecule is CC1Oc2ccccc2N(CC(=O)N2CCC(C(=O)Nc3ccncc3)CC2)C1=O. The smallest absolute Gasteiger partial charge is 0.268 e. The lowest BCUT2D eigenvalue weighted by Gasteiger charge is -2.36. The van der Waals surface area contributed by atoms with Crippen molar-refractivity contribution < 1.29 is 19.1 Å². The number of amides is 3. The normalized spacial score (nSPS) is 19.1. The maximum Gasteiger partial charge on any atom is 0.268 e. The van der Waals surface area contributed by atoms with Crippen LogP contribution in [0.4, 0.5) is 11.4 Å². The second kappa shape index (κ2) is 8.52. The molecule has 8 nitrogen and oxygen atoms in total. The Hall–Kier alpha value is -3.42. The number of ether oxygens (including phenoxy) is 1. The van der Waals surface area contributed by atoms with Crippen molar-refractivity contribution in [2.75, 3.05) is 29.9 Å². The van der Waals surface area contributed by atoms with E-state index in [4.69, 9.17) is 4.74 Å². The van der Waals surface area contributed by atoms with E-state index in [9.17, 15) is 14.4 Å². The van der Waals surface area contributed by atoms with Crippen LogP contribution in [0.3, 0.4) is 0 Å². The first-order chi connectivity index (χ1) is 14.5. The van der Waals surface area contributed by atoms with E-state index in [1.165, 1.54) is 4.90 Å². The van der Waals surface area contributed by atoms with Gasteiger partial charge in [-0.2, -0.15) is 0 Å². The van der Waals surface area contributed by atoms with Crippen molar-refractivity contribution in [3.63, 3.8) is 0 Å². The third-order valence-corrected chi connectivity index (χ3v) is 5.53. The molecule has 1 atom stereocenters. The van der Waals surface area contributed by atoms with Gasteiger partial charge in [0, 0.05) is 37.1 Å². The van der Waals surface area contributed by atoms with Gasteiger partial charge < -0.3 is 15.0 Å². The summed E-state index contributed by atoms with van der Waals surface area (Å²) in [6, 6.07) is 10.7. The van der Waals surface area contributed by atoms with Crippen LogP contribution in [0, 0.1) is 5.92 Å². The molecule has 1 fully saturated rings. The van der Waals surface area contributed by atoms with Crippen molar-refractivity contribution in [2.24, 2.45) is 5.92 Å². The first-order valence-electron chi connectivity index (χ1n) is 10.1. The highest BCUT2D eigenvalue weighted by Crippen LogP contribution is 2.33. The van der Waals surface area contributed by atoms with Gasteiger partial charge in [0.2, 0.25) is 11.8 Å². The molecule has 156 valence electrons. The van der Waals surface area contributed by atoms with Crippen LogP contribution < -0.4 is 15.0 Å². The number of hydrogen-bond acceptors (Lipinski definition) is 5. The second-order valence-electron chi connectivity index (χ2n) is 7.53. The average molecular weight is 408 g/mol. The minimum absolute atomic E-state index is 0.0303. The lowest BCUT2D eigenvalue weighted by atomic mass is 9.95. The summed E-state index contributed by atoms with van der Waals surface area (Å²) in [6.45, 7) is 2.63. The number of piperidine rings is 1. The average Bonchev–Trinajstić information content (AvgIpc) is 2.77. The highest BCUT2D eigenvalue weighted by atomic mass is 16.5. The molecule has 1 saturated heterocycles. The monoisotopic (exact) mass is 408 g/mol. The zero-order valence-electron chi connectivity index (χ0n) is 16.8. The van der Waals surface area contributed by atoms with Crippen molar-refractivity contribution in [3.05, 3.63) is 48.8 Å². The summed E-state index contributed by atoms with van der Waals surface area (Å²) in [5.41, 5.74) is 1.33. The van der Waals surface area contributed by atoms with Crippen molar-refractivity contribution in [1.29, 1.82) is 0 Å². The fraction of sp³-hybridized carbons (Fsp3) is 0.364. The van der Waals surface area contributed by atoms with Crippen LogP contribution in [-0.2, 0) is 14.4 Å². The predicted molar refractivity (Wildman–Crippen MR) is 111 cm³/mol. The molecule has 3 heterocycles. The van der Waals surface area contributed by atoms with Crippen molar-refractivity contribution in [3.8, 4) is 5.75 Å². The van der Waals surface area contributed by atoms with E-state index >= 15 is 0 Å². The number of nitrogens with zero attached hydrogens (tertiary/aromatic N) is 3. The lowest BCUT2D eigenvalue weighted by Crippen LogP contribution is -2.51. The van der Waals surface area contributed by atoms with Crippen molar-refractivity contribution >= 4 is 29.1 Å². The van der Waals surface area contributed by atoms with Crippen LogP contribution in [0.25, 0.3) is 0 Å². The summed E-state index contributed by atoms with van der Waals surface area (Å²) >= 11 is 0. The molecule has 2 aliphatic heterocycles. The lowest BCUT2D eigenvalue weighted by molar-refractivity contribution is -0.135. The maximum absolute atomic E-state index is 12.9. The zero-order chi connectivity index (χ0) is 21.1. The van der Waals surface area contributed by atoms with Gasteiger partial charge in [-0.3, -0.25) is 24.3 Å². The Morgan fingerprint density at radius 1 is 1.13 bits per heavy atom. The fourth-order valence-corrected chi connectivity index (χ4v) is 3.83. The van der Waals surface area contributed by atoms with Gasteiger partial charge in [0.1, 0.15) is 12.3 Å². The van der Waals surface area contributed by atoms with Crippen molar-refractivity contribution in [2.45, 2.75) is 25.9 Å². The summed E-state index contributed by atoms with van der Waals surface area (Å²) in [6.07, 6.45) is 3.81. The number of pyridine rings is 1. The Balaban J connectivity index is 1.35. The molecule has 0 aliphatic carbocycles. The molecule has 1 aromatic carbocycles. The van der Waals surface area contributed by atoms with Gasteiger partial charge in [-0.15, -0.1) is 0 Å². The summed E-state index contributed by atoms with van der Waals surface area (Å²) in [4.78, 5) is 45.1. The van der Waals surface area contributed by atoms with E-state index in [2.05, 4.69) is 10.3 Å². The number of likely N-dealkylation sites (tertiary alicyclic amines) is 1. The predicted octanol–water partition coefficient (Wildman–Crippen LogP) is 2.07. The number of hydrogen-bond donors (Lipinski definition) is 1. The molecule has 0 radical (unpaired) electrons. The first kappa shape index (κ1) is 19.9. The van der Waals surface area contributed by atoms with Gasteiger partial charge >= 0.3 is 0 Å². The summed E-state index contributed by atoms with van der Waals surface area (Å²) < 4.78 is 5.63. The number of aromatic nitrogens is 1. The van der Waals surface area contributed by atoms with Gasteiger partial charge in [0.15, 0.2) is 6.10 Å². The van der Waals surface area contributed by atoms with Crippen LogP contribution in [0.1, 0.15) is 19.8 Å². The maximum atomic E-state index is 12.9. The highest BCUT2D eigenvalue weighted by molar-refractivity contribution is 6.03. The number of rotatable bonds is 4. The zero-order valence-corrected chi connectivity index (χ0v) is 16.8.